The second-order valence-electron chi connectivity index (χ2n) is 10.3. The first-order chi connectivity index (χ1) is 18.6. The number of ether oxygens (including phenoxy) is 2. The molecule has 3 aromatic rings. The molecule has 39 heavy (non-hydrogen) atoms. The van der Waals surface area contributed by atoms with Gasteiger partial charge in [-0.3, -0.25) is 14.6 Å². The van der Waals surface area contributed by atoms with Crippen molar-refractivity contribution in [1.82, 2.24) is 9.88 Å². The summed E-state index contributed by atoms with van der Waals surface area (Å²) in [4.78, 5) is 44.6. The number of hydrogen-bond donors (Lipinski definition) is 1. The Hall–Kier alpha value is -4.46. The van der Waals surface area contributed by atoms with E-state index < -0.39 is 23.7 Å². The Morgan fingerprint density at radius 1 is 1.03 bits per heavy atom. The Morgan fingerprint density at radius 3 is 2.31 bits per heavy atom. The van der Waals surface area contributed by atoms with Crippen molar-refractivity contribution in [2.45, 2.75) is 45.7 Å². The number of esters is 1. The second-order valence-corrected chi connectivity index (χ2v) is 10.3. The van der Waals surface area contributed by atoms with Crippen LogP contribution in [0, 0.1) is 0 Å². The minimum atomic E-state index is -0.906. The number of likely N-dealkylation sites (tertiary alicyclic amines) is 1. The van der Waals surface area contributed by atoms with Crippen LogP contribution >= 0.6 is 0 Å². The minimum absolute atomic E-state index is 0.0353. The van der Waals surface area contributed by atoms with Gasteiger partial charge < -0.3 is 19.5 Å². The summed E-state index contributed by atoms with van der Waals surface area (Å²) in [7, 11) is 1.58. The Labute approximate surface area is 227 Å². The number of nitrogens with zero attached hydrogens (tertiary/aromatic N) is 2. The summed E-state index contributed by atoms with van der Waals surface area (Å²) in [6.07, 6.45) is 1.58. The third-order valence-corrected chi connectivity index (χ3v) is 6.61. The van der Waals surface area contributed by atoms with Gasteiger partial charge in [0.05, 0.1) is 30.5 Å². The smallest absolute Gasteiger partial charge is 0.338 e. The summed E-state index contributed by atoms with van der Waals surface area (Å²) in [6, 6.07) is 16.2. The number of amides is 1. The van der Waals surface area contributed by atoms with E-state index in [1.54, 1.807) is 80.9 Å². The maximum atomic E-state index is 13.4. The van der Waals surface area contributed by atoms with Crippen molar-refractivity contribution in [3.8, 4) is 5.75 Å². The number of aliphatic hydroxyl groups is 1. The number of methoxy groups -OCH3 is 1. The van der Waals surface area contributed by atoms with E-state index in [1.807, 2.05) is 20.8 Å². The number of carbonyl (C=O) groups excluding carboxylic acids is 3. The van der Waals surface area contributed by atoms with Crippen LogP contribution in [0.5, 0.6) is 5.75 Å². The molecule has 202 valence electrons. The number of hydrogen-bond acceptors (Lipinski definition) is 7. The quantitative estimate of drug-likeness (QED) is 0.195. The predicted octanol–water partition coefficient (Wildman–Crippen LogP) is 5.19. The fourth-order valence-corrected chi connectivity index (χ4v) is 4.64. The Morgan fingerprint density at radius 2 is 1.72 bits per heavy atom. The highest BCUT2D eigenvalue weighted by Crippen LogP contribution is 2.41. The SMILES string of the molecule is CCOC(=O)c1ccc(CN2C(=O)C(=O)/C(=C(\O)c3ccc(OC)c(C(C)(C)C)c3)C2c2ccccn2)cc1. The van der Waals surface area contributed by atoms with Crippen LogP contribution in [0.25, 0.3) is 5.76 Å². The average molecular weight is 529 g/mol. The Kier molecular flexibility index (Phi) is 7.85. The Bertz CT molecular complexity index is 1420. The van der Waals surface area contributed by atoms with Gasteiger partial charge >= 0.3 is 5.97 Å². The van der Waals surface area contributed by atoms with E-state index in [4.69, 9.17) is 9.47 Å². The molecule has 0 saturated carbocycles. The summed E-state index contributed by atoms with van der Waals surface area (Å²) in [5.74, 6) is -1.60. The molecule has 0 bridgehead atoms. The maximum Gasteiger partial charge on any atom is 0.338 e. The van der Waals surface area contributed by atoms with Gasteiger partial charge in [0.2, 0.25) is 0 Å². The summed E-state index contributed by atoms with van der Waals surface area (Å²) in [5.41, 5.74) is 2.45. The van der Waals surface area contributed by atoms with E-state index in [0.29, 0.717) is 28.1 Å². The van der Waals surface area contributed by atoms with E-state index >= 15 is 0 Å². The molecule has 2 aromatic carbocycles. The standard InChI is InChI=1S/C31H32N2O6/c1-6-39-30(37)20-12-10-19(11-13-20)18-33-26(23-9-7-8-16-32-23)25(28(35)29(33)36)27(34)21-14-15-24(38-5)22(17-21)31(2,3)4/h7-17,26,34H,6,18H2,1-5H3/b27-25-. The van der Waals surface area contributed by atoms with Crippen LogP contribution in [-0.2, 0) is 26.3 Å². The predicted molar refractivity (Wildman–Crippen MR) is 146 cm³/mol. The third kappa shape index (κ3) is 5.55. The molecule has 1 unspecified atom stereocenters. The third-order valence-electron chi connectivity index (χ3n) is 6.61. The number of aliphatic hydroxyl groups excluding tert-OH is 1. The zero-order valence-corrected chi connectivity index (χ0v) is 22.7. The largest absolute Gasteiger partial charge is 0.507 e. The molecule has 1 atom stereocenters. The van der Waals surface area contributed by atoms with Crippen molar-refractivity contribution < 1.29 is 29.0 Å². The van der Waals surface area contributed by atoms with Crippen molar-refractivity contribution in [3.63, 3.8) is 0 Å². The van der Waals surface area contributed by atoms with E-state index in [2.05, 4.69) is 4.98 Å². The fraction of sp³-hybridized carbons (Fsp3) is 0.290. The van der Waals surface area contributed by atoms with E-state index in [0.717, 1.165) is 5.56 Å². The number of benzene rings is 2. The lowest BCUT2D eigenvalue weighted by Gasteiger charge is -2.25. The normalized spacial score (nSPS) is 16.8. The lowest BCUT2D eigenvalue weighted by Crippen LogP contribution is -2.29. The molecule has 8 heteroatoms. The molecule has 0 aliphatic carbocycles. The molecule has 1 aliphatic heterocycles. The van der Waals surface area contributed by atoms with Gasteiger partial charge in [-0.15, -0.1) is 0 Å². The zero-order valence-electron chi connectivity index (χ0n) is 22.7. The van der Waals surface area contributed by atoms with Crippen LogP contribution in [0.4, 0.5) is 0 Å². The average Bonchev–Trinajstić information content (AvgIpc) is 3.17. The van der Waals surface area contributed by atoms with Crippen LogP contribution < -0.4 is 4.74 Å². The summed E-state index contributed by atoms with van der Waals surface area (Å²) >= 11 is 0. The molecule has 0 spiro atoms. The van der Waals surface area contributed by atoms with Crippen molar-refractivity contribution in [3.05, 3.63) is 100 Å². The lowest BCUT2D eigenvalue weighted by atomic mass is 9.84. The molecule has 4 rings (SSSR count). The lowest BCUT2D eigenvalue weighted by molar-refractivity contribution is -0.140. The highest BCUT2D eigenvalue weighted by molar-refractivity contribution is 6.46. The fourth-order valence-electron chi connectivity index (χ4n) is 4.64. The van der Waals surface area contributed by atoms with Crippen molar-refractivity contribution >= 4 is 23.4 Å². The maximum absolute atomic E-state index is 13.4. The highest BCUT2D eigenvalue weighted by atomic mass is 16.5. The van der Waals surface area contributed by atoms with Gasteiger partial charge in [0.1, 0.15) is 17.6 Å². The van der Waals surface area contributed by atoms with Gasteiger partial charge in [-0.25, -0.2) is 4.79 Å². The number of carbonyl (C=O) groups is 3. The topological polar surface area (TPSA) is 106 Å². The molecule has 1 amide bonds. The van der Waals surface area contributed by atoms with Crippen molar-refractivity contribution in [2.75, 3.05) is 13.7 Å². The van der Waals surface area contributed by atoms with Gasteiger partial charge in [0.15, 0.2) is 0 Å². The molecule has 8 nitrogen and oxygen atoms in total. The first kappa shape index (κ1) is 27.6. The molecule has 0 radical (unpaired) electrons. The molecule has 1 N–H and O–H groups in total. The van der Waals surface area contributed by atoms with Crippen LogP contribution in [0.1, 0.15) is 66.5 Å². The molecule has 1 aromatic heterocycles. The monoisotopic (exact) mass is 528 g/mol. The van der Waals surface area contributed by atoms with Crippen molar-refractivity contribution in [2.24, 2.45) is 0 Å². The summed E-state index contributed by atoms with van der Waals surface area (Å²) in [6.45, 7) is 8.14. The van der Waals surface area contributed by atoms with Crippen LogP contribution in [-0.4, -0.2) is 46.4 Å². The molecule has 1 saturated heterocycles. The number of aromatic nitrogens is 1. The zero-order chi connectivity index (χ0) is 28.3. The first-order valence-corrected chi connectivity index (χ1v) is 12.7. The number of pyridine rings is 1. The van der Waals surface area contributed by atoms with Gasteiger partial charge in [-0.2, -0.15) is 0 Å². The Balaban J connectivity index is 1.79. The number of ketones is 1. The van der Waals surface area contributed by atoms with Crippen molar-refractivity contribution in [1.29, 1.82) is 0 Å². The van der Waals surface area contributed by atoms with E-state index in [1.165, 1.54) is 4.90 Å². The molecular weight excluding hydrogens is 496 g/mol. The second kappa shape index (κ2) is 11.1. The molecule has 1 aliphatic rings. The van der Waals surface area contributed by atoms with Crippen LogP contribution in [0.2, 0.25) is 0 Å². The van der Waals surface area contributed by atoms with Gasteiger partial charge in [0.25, 0.3) is 11.7 Å². The summed E-state index contributed by atoms with van der Waals surface area (Å²) < 4.78 is 10.6. The number of rotatable bonds is 7. The van der Waals surface area contributed by atoms with E-state index in [-0.39, 0.29) is 29.9 Å². The summed E-state index contributed by atoms with van der Waals surface area (Å²) in [5, 5.41) is 11.5. The van der Waals surface area contributed by atoms with Gasteiger partial charge in [-0.05, 0) is 60.4 Å². The van der Waals surface area contributed by atoms with Crippen LogP contribution in [0.15, 0.2) is 72.4 Å². The minimum Gasteiger partial charge on any atom is -0.507 e. The van der Waals surface area contributed by atoms with E-state index in [9.17, 15) is 19.5 Å². The highest BCUT2D eigenvalue weighted by Gasteiger charge is 2.46. The van der Waals surface area contributed by atoms with Gasteiger partial charge in [-0.1, -0.05) is 39.0 Å². The molecule has 2 heterocycles. The van der Waals surface area contributed by atoms with Gasteiger partial charge in [0, 0.05) is 23.9 Å². The van der Waals surface area contributed by atoms with Crippen LogP contribution in [0.3, 0.4) is 0 Å². The first-order valence-electron chi connectivity index (χ1n) is 12.7. The number of Topliss-reactive ketones (excluding diaryl/α,β-unsaturated/α-hetero) is 1. The molecule has 1 fully saturated rings. The molecular formula is C31H32N2O6.